The predicted molar refractivity (Wildman–Crippen MR) is 215 cm³/mol. The number of ether oxygens (including phenoxy) is 5. The highest BCUT2D eigenvalue weighted by atomic mass is 19.1. The molecule has 1 aromatic carbocycles. The van der Waals surface area contributed by atoms with Crippen LogP contribution < -0.4 is 5.32 Å². The Morgan fingerprint density at radius 1 is 1.07 bits per heavy atom. The Morgan fingerprint density at radius 3 is 2.38 bits per heavy atom. The van der Waals surface area contributed by atoms with Crippen LogP contribution in [0.2, 0.25) is 0 Å². The number of rotatable bonds is 10. The molecule has 2 saturated carbocycles. The molecular formula is C45H60FN3O11. The molecular weight excluding hydrogens is 778 g/mol. The number of halogens is 1. The Labute approximate surface area is 350 Å². The number of pyridine rings is 1. The number of esters is 1. The normalized spacial score (nSPS) is 35.4. The SMILES string of the molecule is CC1=C2[C@H]3O[C@@H](CN(C)C)O[C@H]3[C@]3(C)CC[C@H]4OC[C@@]4(O)[C@H]3[C@H](OC(=O)c3ccccc3)[C@](O)(C[C@@H]1CC(=O)[C@H](O)[C@@H](NC(=O)OC(C)(C)C)c1ncccc1F)C2(C)C. The molecule has 0 unspecified atom stereocenters. The van der Waals surface area contributed by atoms with Crippen molar-refractivity contribution in [3.63, 3.8) is 0 Å². The molecule has 5 aliphatic rings. The smallest absolute Gasteiger partial charge is 0.408 e. The number of carbonyl (C=O) groups excluding carboxylic acids is 3. The summed E-state index contributed by atoms with van der Waals surface area (Å²) in [5.74, 6) is -4.07. The first kappa shape index (κ1) is 44.2. The molecule has 2 aromatic rings. The van der Waals surface area contributed by atoms with Gasteiger partial charge in [-0.1, -0.05) is 44.5 Å². The monoisotopic (exact) mass is 837 g/mol. The van der Waals surface area contributed by atoms with Crippen LogP contribution in [0, 0.1) is 28.5 Å². The third-order valence-corrected chi connectivity index (χ3v) is 13.8. The highest BCUT2D eigenvalue weighted by Gasteiger charge is 2.75. The van der Waals surface area contributed by atoms with Gasteiger partial charge in [-0.3, -0.25) is 9.78 Å². The Balaban J connectivity index is 1.35. The molecule has 2 bridgehead atoms. The molecule has 3 aliphatic carbocycles. The molecule has 12 atom stereocenters. The number of hydrogen-bond acceptors (Lipinski definition) is 13. The van der Waals surface area contributed by atoms with E-state index in [4.69, 9.17) is 23.7 Å². The lowest BCUT2D eigenvalue weighted by Gasteiger charge is -2.67. The van der Waals surface area contributed by atoms with E-state index in [9.17, 15) is 29.7 Å². The summed E-state index contributed by atoms with van der Waals surface area (Å²) in [6.07, 6.45) is -5.36. The molecule has 3 heterocycles. The van der Waals surface area contributed by atoms with E-state index in [1.807, 2.05) is 46.7 Å². The van der Waals surface area contributed by atoms with Crippen LogP contribution in [-0.4, -0.2) is 124 Å². The number of nitrogens with one attached hydrogen (secondary N) is 1. The second-order valence-corrected chi connectivity index (χ2v) is 19.5. The number of hydrogen-bond donors (Lipinski definition) is 4. The summed E-state index contributed by atoms with van der Waals surface area (Å²) in [6, 6.07) is 9.24. The zero-order valence-electron chi connectivity index (χ0n) is 35.9. The topological polar surface area (TPSA) is 186 Å². The van der Waals surface area contributed by atoms with Crippen molar-refractivity contribution < 1.29 is 57.8 Å². The van der Waals surface area contributed by atoms with E-state index in [1.54, 1.807) is 51.1 Å². The van der Waals surface area contributed by atoms with E-state index >= 15 is 4.39 Å². The van der Waals surface area contributed by atoms with Crippen LogP contribution in [0.1, 0.15) is 96.2 Å². The summed E-state index contributed by atoms with van der Waals surface area (Å²) in [5.41, 5.74) is -5.33. The van der Waals surface area contributed by atoms with Gasteiger partial charge in [0.05, 0.1) is 24.4 Å². The van der Waals surface area contributed by atoms with Crippen LogP contribution >= 0.6 is 0 Å². The Morgan fingerprint density at radius 2 is 1.77 bits per heavy atom. The quantitative estimate of drug-likeness (QED) is 0.192. The maximum atomic E-state index is 15.3. The highest BCUT2D eigenvalue weighted by Crippen LogP contribution is 2.66. The molecule has 2 saturated heterocycles. The minimum atomic E-state index is -2.00. The van der Waals surface area contributed by atoms with Gasteiger partial charge in [0.25, 0.3) is 0 Å². The van der Waals surface area contributed by atoms with Crippen molar-refractivity contribution >= 4 is 17.8 Å². The maximum absolute atomic E-state index is 15.3. The molecule has 4 fully saturated rings. The number of aromatic nitrogens is 1. The standard InChI is InChI=1S/C45H60FN3O11/c1-24-26(20-28(50)34(51)33(32-27(46)16-13-19-47-32)48-40(53)60-41(2,3)4)21-45(55)38(59-39(52)25-14-11-10-12-15-25)36-43(7,18-17-29-44(36,54)23-56-29)37-35(31(24)42(45,5)6)57-30(58-37)22-49(8)9/h10-16,19,26,29-30,33-38,51,54-55H,17-18,20-23H2,1-9H3,(H,48,53)/t26-,29+,30+,33-,34-,35+,36-,37+,38-,43+,44-,45+/m0/s1. The number of fused-ring (bicyclic) bond motifs is 8. The molecule has 7 rings (SSSR count). The molecule has 1 amide bonds. The average Bonchev–Trinajstić information content (AvgIpc) is 3.56. The number of alkyl carbamates (subject to hydrolysis) is 1. The molecule has 60 heavy (non-hydrogen) atoms. The lowest BCUT2D eigenvalue weighted by molar-refractivity contribution is -0.343. The Bertz CT molecular complexity index is 2010. The molecule has 0 spiro atoms. The van der Waals surface area contributed by atoms with Crippen LogP contribution in [-0.2, 0) is 28.5 Å². The summed E-state index contributed by atoms with van der Waals surface area (Å²) in [6.45, 7) is 12.9. The number of Topliss-reactive ketones (excluding diaryl/α,β-unsaturated/α-hetero) is 1. The summed E-state index contributed by atoms with van der Waals surface area (Å²) < 4.78 is 47.0. The van der Waals surface area contributed by atoms with Gasteiger partial charge >= 0.3 is 12.1 Å². The van der Waals surface area contributed by atoms with Crippen LogP contribution in [0.4, 0.5) is 9.18 Å². The fourth-order valence-electron chi connectivity index (χ4n) is 10.8. The third kappa shape index (κ3) is 7.58. The van der Waals surface area contributed by atoms with Crippen molar-refractivity contribution in [3.8, 4) is 0 Å². The van der Waals surface area contributed by atoms with Crippen LogP contribution in [0.15, 0.2) is 59.8 Å². The average molecular weight is 838 g/mol. The van der Waals surface area contributed by atoms with Gasteiger partial charge in [-0.15, -0.1) is 0 Å². The number of nitrogens with zero attached hydrogens (tertiary/aromatic N) is 2. The lowest BCUT2D eigenvalue weighted by Crippen LogP contribution is -2.78. The number of allylic oxidation sites excluding steroid dienone is 1. The van der Waals surface area contributed by atoms with Crippen molar-refractivity contribution in [2.75, 3.05) is 27.2 Å². The van der Waals surface area contributed by atoms with Gasteiger partial charge < -0.3 is 49.2 Å². The Kier molecular flexibility index (Phi) is 11.7. The van der Waals surface area contributed by atoms with E-state index in [1.165, 1.54) is 12.3 Å². The van der Waals surface area contributed by atoms with Gasteiger partial charge in [0.15, 0.2) is 12.1 Å². The summed E-state index contributed by atoms with van der Waals surface area (Å²) in [4.78, 5) is 47.8. The summed E-state index contributed by atoms with van der Waals surface area (Å²) in [7, 11) is 3.80. The van der Waals surface area contributed by atoms with E-state index in [0.29, 0.717) is 30.5 Å². The maximum Gasteiger partial charge on any atom is 0.408 e. The highest BCUT2D eigenvalue weighted by molar-refractivity contribution is 5.89. The van der Waals surface area contributed by atoms with Crippen LogP contribution in [0.5, 0.6) is 0 Å². The molecule has 1 aromatic heterocycles. The summed E-state index contributed by atoms with van der Waals surface area (Å²) in [5, 5.41) is 40.7. The molecule has 2 aliphatic heterocycles. The van der Waals surface area contributed by atoms with Gasteiger partial charge in [0, 0.05) is 35.9 Å². The van der Waals surface area contributed by atoms with Crippen molar-refractivity contribution in [3.05, 3.63) is 76.9 Å². The van der Waals surface area contributed by atoms with Crippen molar-refractivity contribution in [1.82, 2.24) is 15.2 Å². The van der Waals surface area contributed by atoms with E-state index in [0.717, 1.165) is 6.07 Å². The van der Waals surface area contributed by atoms with Crippen molar-refractivity contribution in [2.24, 2.45) is 22.7 Å². The van der Waals surface area contributed by atoms with Gasteiger partial charge in [-0.25, -0.2) is 14.0 Å². The predicted octanol–water partition coefficient (Wildman–Crippen LogP) is 4.66. The zero-order valence-corrected chi connectivity index (χ0v) is 35.9. The van der Waals surface area contributed by atoms with E-state index in [-0.39, 0.29) is 30.7 Å². The van der Waals surface area contributed by atoms with Crippen molar-refractivity contribution in [1.29, 1.82) is 0 Å². The second kappa shape index (κ2) is 15.8. The number of aliphatic hydroxyl groups is 3. The molecule has 15 heteroatoms. The van der Waals surface area contributed by atoms with Gasteiger partial charge in [0.2, 0.25) is 0 Å². The van der Waals surface area contributed by atoms with Gasteiger partial charge in [0.1, 0.15) is 52.7 Å². The first-order chi connectivity index (χ1) is 28.0. The number of carbonyl (C=O) groups is 3. The fourth-order valence-corrected chi connectivity index (χ4v) is 10.8. The molecule has 14 nitrogen and oxygen atoms in total. The van der Waals surface area contributed by atoms with Crippen LogP contribution in [0.3, 0.4) is 0 Å². The summed E-state index contributed by atoms with van der Waals surface area (Å²) >= 11 is 0. The minimum Gasteiger partial charge on any atom is -0.455 e. The Hall–Kier alpha value is -3.83. The number of aliphatic hydroxyl groups excluding tert-OH is 1. The largest absolute Gasteiger partial charge is 0.455 e. The second-order valence-electron chi connectivity index (χ2n) is 19.5. The van der Waals surface area contributed by atoms with E-state index < -0.39 is 106 Å². The van der Waals surface area contributed by atoms with Crippen LogP contribution in [0.25, 0.3) is 0 Å². The number of amides is 1. The molecule has 0 radical (unpaired) electrons. The number of benzene rings is 1. The lowest BCUT2D eigenvalue weighted by atomic mass is 9.44. The fraction of sp³-hybridized carbons (Fsp3) is 0.644. The minimum absolute atomic E-state index is 0.0564. The number of ketones is 1. The van der Waals surface area contributed by atoms with Crippen molar-refractivity contribution in [2.45, 2.75) is 134 Å². The third-order valence-electron chi connectivity index (χ3n) is 13.8. The molecule has 328 valence electrons. The molecule has 4 N–H and O–H groups in total. The first-order valence-electron chi connectivity index (χ1n) is 20.8. The van der Waals surface area contributed by atoms with Gasteiger partial charge in [-0.05, 0) is 96.8 Å². The zero-order chi connectivity index (χ0) is 43.7. The first-order valence-corrected chi connectivity index (χ1v) is 20.8. The van der Waals surface area contributed by atoms with Gasteiger partial charge in [-0.2, -0.15) is 0 Å². The van der Waals surface area contributed by atoms with E-state index in [2.05, 4.69) is 10.3 Å². The number of likely N-dealkylation sites (N-methyl/N-ethyl adjacent to an activating group) is 1.